The summed E-state index contributed by atoms with van der Waals surface area (Å²) in [5.74, 6) is -2.73. The van der Waals surface area contributed by atoms with Crippen molar-refractivity contribution in [2.24, 2.45) is 5.92 Å². The zero-order valence-electron chi connectivity index (χ0n) is 14.6. The summed E-state index contributed by atoms with van der Waals surface area (Å²) in [4.78, 5) is 26.4. The molecule has 2 amide bonds. The molecule has 0 aliphatic carbocycles. The molecule has 1 saturated heterocycles. The molecule has 1 fully saturated rings. The van der Waals surface area contributed by atoms with E-state index in [1.165, 1.54) is 6.07 Å². The first-order chi connectivity index (χ1) is 12.3. The van der Waals surface area contributed by atoms with E-state index in [-0.39, 0.29) is 18.2 Å². The lowest BCUT2D eigenvalue weighted by atomic mass is 10.0. The third-order valence-electron chi connectivity index (χ3n) is 4.64. The Morgan fingerprint density at radius 3 is 2.50 bits per heavy atom. The average molecular weight is 358 g/mol. The van der Waals surface area contributed by atoms with Gasteiger partial charge in [-0.25, -0.2) is 8.78 Å². The normalized spacial score (nSPS) is 18.1. The topological polar surface area (TPSA) is 49.4 Å². The third kappa shape index (κ3) is 3.74. The molecule has 0 bridgehead atoms. The summed E-state index contributed by atoms with van der Waals surface area (Å²) in [5.41, 5.74) is 2.33. The Morgan fingerprint density at radius 2 is 1.85 bits per heavy atom. The highest BCUT2D eigenvalue weighted by Gasteiger charge is 2.35. The number of hydrogen-bond donors (Lipinski definition) is 1. The number of halogens is 2. The predicted molar refractivity (Wildman–Crippen MR) is 94.6 cm³/mol. The highest BCUT2D eigenvalue weighted by atomic mass is 19.2. The maximum Gasteiger partial charge on any atom is 0.227 e. The van der Waals surface area contributed by atoms with Crippen LogP contribution in [0.3, 0.4) is 0 Å². The molecule has 26 heavy (non-hydrogen) atoms. The number of nitrogens with zero attached hydrogens (tertiary/aromatic N) is 1. The van der Waals surface area contributed by atoms with Gasteiger partial charge in [0.25, 0.3) is 0 Å². The van der Waals surface area contributed by atoms with E-state index in [0.717, 1.165) is 23.4 Å². The van der Waals surface area contributed by atoms with Crippen LogP contribution >= 0.6 is 0 Å². The molecule has 136 valence electrons. The molecule has 2 aromatic rings. The molecular formula is C20H20F2N2O2. The Morgan fingerprint density at radius 1 is 1.15 bits per heavy atom. The van der Waals surface area contributed by atoms with Crippen LogP contribution in [0.4, 0.5) is 14.5 Å². The minimum atomic E-state index is -0.954. The van der Waals surface area contributed by atoms with E-state index >= 15 is 0 Å². The second-order valence-corrected chi connectivity index (χ2v) is 6.64. The number of nitrogens with one attached hydrogen (secondary N) is 1. The van der Waals surface area contributed by atoms with Gasteiger partial charge in [-0.3, -0.25) is 9.59 Å². The van der Waals surface area contributed by atoms with Gasteiger partial charge in [-0.15, -0.1) is 0 Å². The SMILES string of the molecule is Cc1ccc(N2CC(C(=O)NC(C)c3ccc(F)c(F)c3)CC2=O)cc1. The first kappa shape index (κ1) is 18.0. The van der Waals surface area contributed by atoms with Gasteiger partial charge >= 0.3 is 0 Å². The largest absolute Gasteiger partial charge is 0.349 e. The molecule has 3 rings (SSSR count). The maximum absolute atomic E-state index is 13.4. The van der Waals surface area contributed by atoms with Crippen LogP contribution in [0.1, 0.15) is 30.5 Å². The molecule has 0 aromatic heterocycles. The smallest absolute Gasteiger partial charge is 0.227 e. The zero-order chi connectivity index (χ0) is 18.8. The first-order valence-corrected chi connectivity index (χ1v) is 8.47. The molecule has 6 heteroatoms. The van der Waals surface area contributed by atoms with Crippen molar-refractivity contribution in [2.45, 2.75) is 26.3 Å². The molecule has 1 heterocycles. The lowest BCUT2D eigenvalue weighted by Crippen LogP contribution is -2.34. The summed E-state index contributed by atoms with van der Waals surface area (Å²) in [6.07, 6.45) is 0.129. The number of anilines is 1. The number of benzene rings is 2. The molecule has 2 aromatic carbocycles. The fourth-order valence-corrected chi connectivity index (χ4v) is 3.05. The Balaban J connectivity index is 1.66. The molecule has 1 N–H and O–H groups in total. The van der Waals surface area contributed by atoms with Crippen molar-refractivity contribution in [1.29, 1.82) is 0 Å². The molecule has 0 spiro atoms. The molecule has 2 unspecified atom stereocenters. The Bertz CT molecular complexity index is 836. The summed E-state index contributed by atoms with van der Waals surface area (Å²) < 4.78 is 26.4. The van der Waals surface area contributed by atoms with Gasteiger partial charge in [0.2, 0.25) is 11.8 Å². The van der Waals surface area contributed by atoms with Gasteiger partial charge in [0, 0.05) is 18.7 Å². The van der Waals surface area contributed by atoms with Crippen LogP contribution in [0.5, 0.6) is 0 Å². The van der Waals surface area contributed by atoms with Crippen LogP contribution in [0.2, 0.25) is 0 Å². The standard InChI is InChI=1S/C20H20F2N2O2/c1-12-3-6-16(7-4-12)24-11-15(10-19(24)25)20(26)23-13(2)14-5-8-17(21)18(22)9-14/h3-9,13,15H,10-11H2,1-2H3,(H,23,26). The van der Waals surface area contributed by atoms with Crippen molar-refractivity contribution >= 4 is 17.5 Å². The highest BCUT2D eigenvalue weighted by molar-refractivity contribution is 6.00. The molecule has 1 aliphatic heterocycles. The maximum atomic E-state index is 13.4. The molecular weight excluding hydrogens is 338 g/mol. The van der Waals surface area contributed by atoms with Gasteiger partial charge in [0.1, 0.15) is 0 Å². The fourth-order valence-electron chi connectivity index (χ4n) is 3.05. The number of carbonyl (C=O) groups is 2. The van der Waals surface area contributed by atoms with Crippen LogP contribution in [-0.4, -0.2) is 18.4 Å². The zero-order valence-corrected chi connectivity index (χ0v) is 14.6. The number of carbonyl (C=O) groups excluding carboxylic acids is 2. The van der Waals surface area contributed by atoms with Gasteiger partial charge in [0.05, 0.1) is 12.0 Å². The first-order valence-electron chi connectivity index (χ1n) is 8.47. The number of rotatable bonds is 4. The number of amides is 2. The second kappa shape index (κ2) is 7.23. The monoisotopic (exact) mass is 358 g/mol. The number of hydrogen-bond acceptors (Lipinski definition) is 2. The molecule has 1 aliphatic rings. The predicted octanol–water partition coefficient (Wildman–Crippen LogP) is 3.50. The van der Waals surface area contributed by atoms with Gasteiger partial charge in [-0.05, 0) is 43.7 Å². The second-order valence-electron chi connectivity index (χ2n) is 6.64. The van der Waals surface area contributed by atoms with Gasteiger partial charge < -0.3 is 10.2 Å². The Hall–Kier alpha value is -2.76. The average Bonchev–Trinajstić information content (AvgIpc) is 3.00. The van der Waals surface area contributed by atoms with Crippen molar-refractivity contribution in [1.82, 2.24) is 5.32 Å². The van der Waals surface area contributed by atoms with E-state index in [1.807, 2.05) is 31.2 Å². The van der Waals surface area contributed by atoms with Crippen LogP contribution in [0.25, 0.3) is 0 Å². The van der Waals surface area contributed by atoms with Crippen molar-refractivity contribution < 1.29 is 18.4 Å². The molecule has 0 saturated carbocycles. The minimum Gasteiger partial charge on any atom is -0.349 e. The Kier molecular flexibility index (Phi) is 5.02. The van der Waals surface area contributed by atoms with Crippen molar-refractivity contribution in [3.63, 3.8) is 0 Å². The minimum absolute atomic E-state index is 0.102. The Labute approximate surface area is 150 Å². The van der Waals surface area contributed by atoms with E-state index in [9.17, 15) is 18.4 Å². The summed E-state index contributed by atoms with van der Waals surface area (Å²) in [5, 5.41) is 2.78. The summed E-state index contributed by atoms with van der Waals surface area (Å²) in [6, 6.07) is 10.6. The van der Waals surface area contributed by atoms with Gasteiger partial charge in [0.15, 0.2) is 11.6 Å². The van der Waals surface area contributed by atoms with E-state index in [2.05, 4.69) is 5.32 Å². The molecule has 0 radical (unpaired) electrons. The lowest BCUT2D eigenvalue weighted by Gasteiger charge is -2.19. The fraction of sp³-hybridized carbons (Fsp3) is 0.300. The summed E-state index contributed by atoms with van der Waals surface area (Å²) in [6.45, 7) is 3.96. The molecule has 2 atom stereocenters. The summed E-state index contributed by atoms with van der Waals surface area (Å²) >= 11 is 0. The van der Waals surface area contributed by atoms with Gasteiger partial charge in [-0.1, -0.05) is 23.8 Å². The van der Waals surface area contributed by atoms with E-state index in [1.54, 1.807) is 11.8 Å². The van der Waals surface area contributed by atoms with Crippen LogP contribution in [0, 0.1) is 24.5 Å². The van der Waals surface area contributed by atoms with Crippen molar-refractivity contribution in [3.05, 3.63) is 65.2 Å². The van der Waals surface area contributed by atoms with E-state index in [0.29, 0.717) is 12.1 Å². The van der Waals surface area contributed by atoms with Gasteiger partial charge in [-0.2, -0.15) is 0 Å². The highest BCUT2D eigenvalue weighted by Crippen LogP contribution is 2.26. The molecule has 4 nitrogen and oxygen atoms in total. The van der Waals surface area contributed by atoms with Crippen LogP contribution in [-0.2, 0) is 9.59 Å². The van der Waals surface area contributed by atoms with Crippen LogP contribution < -0.4 is 10.2 Å². The quantitative estimate of drug-likeness (QED) is 0.909. The van der Waals surface area contributed by atoms with Crippen molar-refractivity contribution in [3.8, 4) is 0 Å². The number of aryl methyl sites for hydroxylation is 1. The third-order valence-corrected chi connectivity index (χ3v) is 4.64. The lowest BCUT2D eigenvalue weighted by molar-refractivity contribution is -0.126. The van der Waals surface area contributed by atoms with Crippen LogP contribution in [0.15, 0.2) is 42.5 Å². The van der Waals surface area contributed by atoms with E-state index in [4.69, 9.17) is 0 Å². The summed E-state index contributed by atoms with van der Waals surface area (Å²) in [7, 11) is 0. The van der Waals surface area contributed by atoms with E-state index < -0.39 is 23.6 Å². The van der Waals surface area contributed by atoms with Crippen molar-refractivity contribution in [2.75, 3.05) is 11.4 Å².